The smallest absolute Gasteiger partial charge is 0.118 e. The molecule has 1 aromatic heterocycles. The van der Waals surface area contributed by atoms with Crippen LogP contribution < -0.4 is 16.0 Å². The van der Waals surface area contributed by atoms with Gasteiger partial charge in [0.15, 0.2) is 0 Å². The highest BCUT2D eigenvalue weighted by atomic mass is 16.5. The maximum Gasteiger partial charge on any atom is 0.118 e. The van der Waals surface area contributed by atoms with E-state index in [1.54, 1.807) is 13.3 Å². The molecular weight excluding hydrogens is 262 g/mol. The molecule has 3 aromatic rings. The summed E-state index contributed by atoms with van der Waals surface area (Å²) in [4.78, 5) is 4.39. The van der Waals surface area contributed by atoms with E-state index in [-0.39, 0.29) is 6.04 Å². The average Bonchev–Trinajstić information content (AvgIpc) is 2.56. The van der Waals surface area contributed by atoms with E-state index in [9.17, 15) is 0 Å². The van der Waals surface area contributed by atoms with Gasteiger partial charge in [0, 0.05) is 11.6 Å². The molecule has 0 aliphatic heterocycles. The highest BCUT2D eigenvalue weighted by Gasteiger charge is 2.15. The zero-order chi connectivity index (χ0) is 14.7. The quantitative estimate of drug-likeness (QED) is 0.569. The van der Waals surface area contributed by atoms with Crippen LogP contribution in [0, 0.1) is 0 Å². The van der Waals surface area contributed by atoms with E-state index in [0.29, 0.717) is 0 Å². The third-order valence-corrected chi connectivity index (χ3v) is 3.61. The van der Waals surface area contributed by atoms with Crippen LogP contribution in [0.1, 0.15) is 17.2 Å². The summed E-state index contributed by atoms with van der Waals surface area (Å²) in [5.41, 5.74) is 6.04. The predicted octanol–water partition coefficient (Wildman–Crippen LogP) is 2.80. The molecule has 3 N–H and O–H groups in total. The summed E-state index contributed by atoms with van der Waals surface area (Å²) in [6.07, 6.45) is 1.80. The van der Waals surface area contributed by atoms with Crippen LogP contribution in [-0.4, -0.2) is 12.1 Å². The van der Waals surface area contributed by atoms with Gasteiger partial charge in [-0.15, -0.1) is 0 Å². The number of benzene rings is 2. The van der Waals surface area contributed by atoms with Gasteiger partial charge in [-0.25, -0.2) is 5.43 Å². The molecule has 0 aliphatic carbocycles. The van der Waals surface area contributed by atoms with E-state index in [4.69, 9.17) is 10.6 Å². The van der Waals surface area contributed by atoms with Crippen molar-refractivity contribution in [2.75, 3.05) is 7.11 Å². The Hall–Kier alpha value is -2.43. The lowest BCUT2D eigenvalue weighted by molar-refractivity contribution is 0.414. The van der Waals surface area contributed by atoms with Crippen molar-refractivity contribution in [3.05, 3.63) is 71.9 Å². The monoisotopic (exact) mass is 279 g/mol. The molecule has 1 heterocycles. The van der Waals surface area contributed by atoms with E-state index in [1.807, 2.05) is 42.5 Å². The SMILES string of the molecule is COc1ccc(C(NN)c2cccc3ncccc23)cc1. The minimum Gasteiger partial charge on any atom is -0.497 e. The van der Waals surface area contributed by atoms with Gasteiger partial charge in [0.2, 0.25) is 0 Å². The number of rotatable bonds is 4. The second kappa shape index (κ2) is 5.91. The highest BCUT2D eigenvalue weighted by Crippen LogP contribution is 2.28. The summed E-state index contributed by atoms with van der Waals surface area (Å²) in [6.45, 7) is 0. The maximum absolute atomic E-state index is 5.80. The molecule has 2 aromatic carbocycles. The molecule has 0 amide bonds. The van der Waals surface area contributed by atoms with Gasteiger partial charge in [0.1, 0.15) is 5.75 Å². The molecule has 4 nitrogen and oxygen atoms in total. The zero-order valence-corrected chi connectivity index (χ0v) is 11.8. The number of pyridine rings is 1. The highest BCUT2D eigenvalue weighted by molar-refractivity contribution is 5.82. The number of aromatic nitrogens is 1. The molecule has 0 fully saturated rings. The fourth-order valence-electron chi connectivity index (χ4n) is 2.54. The number of nitrogens with zero attached hydrogens (tertiary/aromatic N) is 1. The first-order valence-corrected chi connectivity index (χ1v) is 6.77. The first-order valence-electron chi connectivity index (χ1n) is 6.77. The summed E-state index contributed by atoms with van der Waals surface area (Å²) in [5, 5.41) is 1.10. The molecule has 0 bridgehead atoms. The number of nitrogens with two attached hydrogens (primary N) is 1. The van der Waals surface area contributed by atoms with Gasteiger partial charge in [0.05, 0.1) is 18.7 Å². The second-order valence-corrected chi connectivity index (χ2v) is 4.79. The normalized spacial score (nSPS) is 12.3. The van der Waals surface area contributed by atoms with E-state index in [1.165, 1.54) is 0 Å². The Kier molecular flexibility index (Phi) is 3.81. The second-order valence-electron chi connectivity index (χ2n) is 4.79. The van der Waals surface area contributed by atoms with E-state index >= 15 is 0 Å². The van der Waals surface area contributed by atoms with Crippen LogP contribution in [0.3, 0.4) is 0 Å². The number of methoxy groups -OCH3 is 1. The first-order chi connectivity index (χ1) is 10.3. The fraction of sp³-hybridized carbons (Fsp3) is 0.118. The van der Waals surface area contributed by atoms with Crippen molar-refractivity contribution >= 4 is 10.9 Å². The number of ether oxygens (including phenoxy) is 1. The Morgan fingerprint density at radius 2 is 1.86 bits per heavy atom. The Balaban J connectivity index is 2.09. The molecule has 21 heavy (non-hydrogen) atoms. The van der Waals surface area contributed by atoms with Crippen molar-refractivity contribution in [3.8, 4) is 5.75 Å². The Labute approximate surface area is 123 Å². The van der Waals surface area contributed by atoms with E-state index in [2.05, 4.69) is 22.5 Å². The van der Waals surface area contributed by atoms with Crippen LogP contribution in [0.5, 0.6) is 5.75 Å². The number of hydrazine groups is 1. The first kappa shape index (κ1) is 13.5. The van der Waals surface area contributed by atoms with Crippen molar-refractivity contribution in [1.29, 1.82) is 0 Å². The summed E-state index contributed by atoms with van der Waals surface area (Å²) < 4.78 is 5.20. The van der Waals surface area contributed by atoms with Crippen LogP contribution in [0.4, 0.5) is 0 Å². The molecule has 3 rings (SSSR count). The lowest BCUT2D eigenvalue weighted by atomic mass is 9.95. The number of fused-ring (bicyclic) bond motifs is 1. The number of nitrogens with one attached hydrogen (secondary N) is 1. The van der Waals surface area contributed by atoms with Crippen molar-refractivity contribution in [2.24, 2.45) is 5.84 Å². The van der Waals surface area contributed by atoms with Crippen LogP contribution >= 0.6 is 0 Å². The summed E-state index contributed by atoms with van der Waals surface area (Å²) in [7, 11) is 1.66. The molecule has 0 spiro atoms. The summed E-state index contributed by atoms with van der Waals surface area (Å²) in [5.74, 6) is 6.62. The molecule has 0 saturated heterocycles. The van der Waals surface area contributed by atoms with Crippen molar-refractivity contribution in [1.82, 2.24) is 10.4 Å². The summed E-state index contributed by atoms with van der Waals surface area (Å²) in [6, 6.07) is 17.9. The number of hydrogen-bond donors (Lipinski definition) is 2. The molecule has 1 unspecified atom stereocenters. The van der Waals surface area contributed by atoms with Crippen molar-refractivity contribution in [2.45, 2.75) is 6.04 Å². The fourth-order valence-corrected chi connectivity index (χ4v) is 2.54. The predicted molar refractivity (Wildman–Crippen MR) is 83.9 cm³/mol. The van der Waals surface area contributed by atoms with Gasteiger partial charge in [0.25, 0.3) is 0 Å². The Bertz CT molecular complexity index is 735. The van der Waals surface area contributed by atoms with Crippen LogP contribution in [0.25, 0.3) is 10.9 Å². The number of hydrogen-bond acceptors (Lipinski definition) is 4. The van der Waals surface area contributed by atoms with E-state index < -0.39 is 0 Å². The minimum absolute atomic E-state index is 0.0937. The topological polar surface area (TPSA) is 60.2 Å². The third kappa shape index (κ3) is 2.59. The van der Waals surface area contributed by atoms with Crippen molar-refractivity contribution < 1.29 is 4.74 Å². The molecule has 0 aliphatic rings. The lowest BCUT2D eigenvalue weighted by Gasteiger charge is -2.19. The lowest BCUT2D eigenvalue weighted by Crippen LogP contribution is -2.29. The van der Waals surface area contributed by atoms with Gasteiger partial charge < -0.3 is 4.74 Å². The summed E-state index contributed by atoms with van der Waals surface area (Å²) >= 11 is 0. The zero-order valence-electron chi connectivity index (χ0n) is 11.8. The van der Waals surface area contributed by atoms with Gasteiger partial charge in [-0.3, -0.25) is 10.8 Å². The average molecular weight is 279 g/mol. The Morgan fingerprint density at radius 3 is 2.57 bits per heavy atom. The van der Waals surface area contributed by atoms with Gasteiger partial charge >= 0.3 is 0 Å². The molecule has 1 atom stereocenters. The van der Waals surface area contributed by atoms with Gasteiger partial charge in [-0.05, 0) is 35.4 Å². The standard InChI is InChI=1S/C17H17N3O/c1-21-13-9-7-12(8-10-13)17(20-18)15-4-2-6-16-14(15)5-3-11-19-16/h2-11,17,20H,18H2,1H3. The third-order valence-electron chi connectivity index (χ3n) is 3.61. The van der Waals surface area contributed by atoms with Gasteiger partial charge in [-0.1, -0.05) is 30.3 Å². The van der Waals surface area contributed by atoms with Crippen molar-refractivity contribution in [3.63, 3.8) is 0 Å². The molecule has 106 valence electrons. The molecule has 0 radical (unpaired) electrons. The Morgan fingerprint density at radius 1 is 1.05 bits per heavy atom. The minimum atomic E-state index is -0.0937. The van der Waals surface area contributed by atoms with Gasteiger partial charge in [-0.2, -0.15) is 0 Å². The van der Waals surface area contributed by atoms with Crippen LogP contribution in [0.2, 0.25) is 0 Å². The molecule has 4 heteroatoms. The van der Waals surface area contributed by atoms with Crippen LogP contribution in [-0.2, 0) is 0 Å². The molecule has 0 saturated carbocycles. The van der Waals surface area contributed by atoms with Crippen LogP contribution in [0.15, 0.2) is 60.8 Å². The largest absolute Gasteiger partial charge is 0.497 e. The van der Waals surface area contributed by atoms with E-state index in [0.717, 1.165) is 27.8 Å². The molecular formula is C17H17N3O. The maximum atomic E-state index is 5.80.